The molecule has 0 atom stereocenters. The summed E-state index contributed by atoms with van der Waals surface area (Å²) in [5, 5.41) is 0. The Kier molecular flexibility index (Phi) is 7.65. The van der Waals surface area contributed by atoms with E-state index in [2.05, 4.69) is 16.7 Å². The van der Waals surface area contributed by atoms with Gasteiger partial charge in [-0.1, -0.05) is 6.92 Å². The van der Waals surface area contributed by atoms with Crippen molar-refractivity contribution in [2.45, 2.75) is 33.1 Å². The molecule has 3 heteroatoms. The zero-order chi connectivity index (χ0) is 9.23. The lowest BCUT2D eigenvalue weighted by Crippen LogP contribution is -1.86. The van der Waals surface area contributed by atoms with E-state index in [9.17, 15) is 4.79 Å². The van der Waals surface area contributed by atoms with Gasteiger partial charge in [0, 0.05) is 12.3 Å². The van der Waals surface area contributed by atoms with Crippen LogP contribution in [0, 0.1) is 0 Å². The highest BCUT2D eigenvalue weighted by molar-refractivity contribution is 5.85. The van der Waals surface area contributed by atoms with Gasteiger partial charge in [-0.05, 0) is 26.2 Å². The summed E-state index contributed by atoms with van der Waals surface area (Å²) in [5.41, 5.74) is 1.42. The van der Waals surface area contributed by atoms with Crippen molar-refractivity contribution in [3.8, 4) is 0 Å². The maximum absolute atomic E-state index is 9.18. The Bertz CT molecular complexity index is 143. The molecule has 1 rings (SSSR count). The van der Waals surface area contributed by atoms with E-state index in [-0.39, 0.29) is 0 Å². The van der Waals surface area contributed by atoms with E-state index in [4.69, 9.17) is 0 Å². The minimum Gasteiger partial charge on any atom is -0.468 e. The summed E-state index contributed by atoms with van der Waals surface area (Å²) >= 11 is 0. The van der Waals surface area contributed by atoms with Crippen LogP contribution >= 0.6 is 0 Å². The van der Waals surface area contributed by atoms with E-state index in [0.29, 0.717) is 13.1 Å². The number of carbonyl (C=O) groups is 1. The minimum absolute atomic E-state index is 0.431. The lowest BCUT2D eigenvalue weighted by molar-refractivity contribution is -0.128. The van der Waals surface area contributed by atoms with E-state index >= 15 is 0 Å². The molecule has 1 aliphatic rings. The topological polar surface area (TPSA) is 38.7 Å². The van der Waals surface area contributed by atoms with Crippen molar-refractivity contribution in [1.82, 2.24) is 0 Å². The maximum atomic E-state index is 9.18. The lowest BCUT2D eigenvalue weighted by Gasteiger charge is -1.86. The van der Waals surface area contributed by atoms with Gasteiger partial charge in [0.15, 0.2) is 0 Å². The van der Waals surface area contributed by atoms with E-state index < -0.39 is 0 Å². The highest BCUT2D eigenvalue weighted by Crippen LogP contribution is 2.05. The molecule has 0 aromatic carbocycles. The minimum atomic E-state index is 0.431. The average Bonchev–Trinajstić information content (AvgIpc) is 2.58. The van der Waals surface area contributed by atoms with Gasteiger partial charge in [-0.2, -0.15) is 0 Å². The van der Waals surface area contributed by atoms with Crippen LogP contribution in [0.15, 0.2) is 4.99 Å². The molecule has 0 unspecified atom stereocenters. The quantitative estimate of drug-likeness (QED) is 0.607. The highest BCUT2D eigenvalue weighted by atomic mass is 16.5. The Morgan fingerprint density at radius 3 is 2.50 bits per heavy atom. The van der Waals surface area contributed by atoms with Crippen molar-refractivity contribution in [1.29, 1.82) is 0 Å². The fraction of sp³-hybridized carbons (Fsp3) is 0.778. The molecule has 0 aromatic heterocycles. The molecule has 0 aliphatic carbocycles. The number of nitrogens with zero attached hydrogens (tertiary/aromatic N) is 1. The smallest absolute Gasteiger partial charge is 0.293 e. The second-order valence-corrected chi connectivity index (χ2v) is 2.46. The standard InChI is InChI=1S/C6H11N.C3H6O2/c1-2-6-4-3-5-7-6;1-2-5-3-4/h2-5H2,1H3;3H,2H2,1H3. The first-order valence-corrected chi connectivity index (χ1v) is 4.42. The molecular weight excluding hydrogens is 154 g/mol. The largest absolute Gasteiger partial charge is 0.468 e. The Hall–Kier alpha value is -0.860. The molecule has 0 spiro atoms. The van der Waals surface area contributed by atoms with Crippen LogP contribution in [0.3, 0.4) is 0 Å². The third kappa shape index (κ3) is 5.89. The first-order valence-electron chi connectivity index (χ1n) is 4.42. The summed E-state index contributed by atoms with van der Waals surface area (Å²) < 4.78 is 4.15. The molecule has 0 saturated carbocycles. The molecule has 0 aromatic rings. The van der Waals surface area contributed by atoms with Gasteiger partial charge in [-0.15, -0.1) is 0 Å². The third-order valence-corrected chi connectivity index (χ3v) is 1.60. The number of carbonyl (C=O) groups excluding carboxylic acids is 1. The maximum Gasteiger partial charge on any atom is 0.293 e. The fourth-order valence-electron chi connectivity index (χ4n) is 0.956. The summed E-state index contributed by atoms with van der Waals surface area (Å²) in [6.45, 7) is 5.92. The van der Waals surface area contributed by atoms with Crippen molar-refractivity contribution in [3.05, 3.63) is 0 Å². The first kappa shape index (κ1) is 11.1. The Labute approximate surface area is 73.8 Å². The van der Waals surface area contributed by atoms with Gasteiger partial charge in [0.1, 0.15) is 0 Å². The van der Waals surface area contributed by atoms with Crippen LogP contribution in [0.4, 0.5) is 0 Å². The van der Waals surface area contributed by atoms with Crippen LogP contribution < -0.4 is 0 Å². The van der Waals surface area contributed by atoms with Gasteiger partial charge in [0.05, 0.1) is 6.61 Å². The monoisotopic (exact) mass is 171 g/mol. The van der Waals surface area contributed by atoms with Gasteiger partial charge in [0.2, 0.25) is 0 Å². The number of hydrogen-bond acceptors (Lipinski definition) is 3. The van der Waals surface area contributed by atoms with Crippen molar-refractivity contribution in [3.63, 3.8) is 0 Å². The van der Waals surface area contributed by atoms with Crippen LogP contribution in [-0.4, -0.2) is 25.3 Å². The van der Waals surface area contributed by atoms with Gasteiger partial charge in [-0.25, -0.2) is 0 Å². The Morgan fingerprint density at radius 1 is 1.58 bits per heavy atom. The van der Waals surface area contributed by atoms with Crippen LogP contribution in [0.25, 0.3) is 0 Å². The predicted molar refractivity (Wildman–Crippen MR) is 49.5 cm³/mol. The van der Waals surface area contributed by atoms with Crippen LogP contribution in [-0.2, 0) is 9.53 Å². The predicted octanol–water partition coefficient (Wildman–Crippen LogP) is 1.81. The normalized spacial score (nSPS) is 14.3. The summed E-state index contributed by atoms with van der Waals surface area (Å²) in [6, 6.07) is 0. The summed E-state index contributed by atoms with van der Waals surface area (Å²) in [4.78, 5) is 13.5. The van der Waals surface area contributed by atoms with Crippen molar-refractivity contribution in [2.24, 2.45) is 4.99 Å². The van der Waals surface area contributed by atoms with E-state index in [1.807, 2.05) is 0 Å². The Morgan fingerprint density at radius 2 is 2.33 bits per heavy atom. The molecular formula is C9H17NO2. The van der Waals surface area contributed by atoms with Crippen LogP contribution in [0.5, 0.6) is 0 Å². The van der Waals surface area contributed by atoms with Gasteiger partial charge >= 0.3 is 0 Å². The molecule has 12 heavy (non-hydrogen) atoms. The van der Waals surface area contributed by atoms with Gasteiger partial charge in [0.25, 0.3) is 6.47 Å². The molecule has 1 heterocycles. The lowest BCUT2D eigenvalue weighted by atomic mass is 10.2. The van der Waals surface area contributed by atoms with E-state index in [1.165, 1.54) is 25.0 Å². The van der Waals surface area contributed by atoms with E-state index in [0.717, 1.165) is 6.54 Å². The highest BCUT2D eigenvalue weighted by Gasteiger charge is 2.00. The molecule has 3 nitrogen and oxygen atoms in total. The number of ether oxygens (including phenoxy) is 1. The van der Waals surface area contributed by atoms with Crippen molar-refractivity contribution in [2.75, 3.05) is 13.2 Å². The molecule has 0 saturated heterocycles. The first-order chi connectivity index (χ1) is 5.85. The Balaban J connectivity index is 0.000000217. The van der Waals surface area contributed by atoms with Gasteiger partial charge < -0.3 is 4.74 Å². The van der Waals surface area contributed by atoms with Crippen LogP contribution in [0.1, 0.15) is 33.1 Å². The molecule has 0 bridgehead atoms. The van der Waals surface area contributed by atoms with Crippen molar-refractivity contribution >= 4 is 12.2 Å². The number of hydrogen-bond donors (Lipinski definition) is 0. The summed E-state index contributed by atoms with van der Waals surface area (Å²) in [7, 11) is 0. The van der Waals surface area contributed by atoms with Crippen molar-refractivity contribution < 1.29 is 9.53 Å². The third-order valence-electron chi connectivity index (χ3n) is 1.60. The molecule has 0 N–H and O–H groups in total. The van der Waals surface area contributed by atoms with Crippen LogP contribution in [0.2, 0.25) is 0 Å². The molecule has 0 amide bonds. The summed E-state index contributed by atoms with van der Waals surface area (Å²) in [6.07, 6.45) is 3.72. The molecule has 1 aliphatic heterocycles. The van der Waals surface area contributed by atoms with E-state index in [1.54, 1.807) is 6.92 Å². The zero-order valence-corrected chi connectivity index (χ0v) is 7.88. The number of rotatable bonds is 3. The molecule has 0 radical (unpaired) electrons. The molecule has 70 valence electrons. The van der Waals surface area contributed by atoms with Gasteiger partial charge in [-0.3, -0.25) is 9.79 Å². The average molecular weight is 171 g/mol. The number of aliphatic imine (C=N–C) groups is 1. The SMILES string of the molecule is CCC1=NCCC1.CCOC=O. The second kappa shape index (κ2) is 8.24. The summed E-state index contributed by atoms with van der Waals surface area (Å²) in [5.74, 6) is 0. The fourth-order valence-corrected chi connectivity index (χ4v) is 0.956. The zero-order valence-electron chi connectivity index (χ0n) is 7.88. The second-order valence-electron chi connectivity index (χ2n) is 2.46. The molecule has 0 fully saturated rings.